The fraction of sp³-hybridized carbons (Fsp3) is 0.188. The van der Waals surface area contributed by atoms with Gasteiger partial charge in [0.2, 0.25) is 0 Å². The molecule has 0 atom stereocenters. The van der Waals surface area contributed by atoms with Crippen molar-refractivity contribution in [2.45, 2.75) is 66.9 Å². The maximum Gasteiger partial charge on any atom is 0.143 e. The van der Waals surface area contributed by atoms with E-state index in [9.17, 15) is 0 Å². The van der Waals surface area contributed by atoms with E-state index in [1.807, 2.05) is 13.0 Å². The van der Waals surface area contributed by atoms with Crippen molar-refractivity contribution in [2.24, 2.45) is 0 Å². The van der Waals surface area contributed by atoms with E-state index in [1.165, 1.54) is 66.1 Å². The maximum atomic E-state index is 7.24. The standard InChI is InChI=1S/C64H54O4/c1-7-14-40-19-10-16-37(4)59(40)49-34-55-61-51(32-53-47-26-24-44(30-57(47)67-63(53)55)42-21-12-18-39(28-42)36-65-6)50(60-38(5)17-11-20-41(60)15-8-2)35-56-62(61)52(49)33-54-48-27-25-45(31-58(48)68-64(54)56)43-22-13-23-46(29-43)66-9-3/h10-13,16-35H,7-9,14-15,36H2,1-6H3. The van der Waals surface area contributed by atoms with Crippen LogP contribution in [0.5, 0.6) is 5.75 Å². The molecular formula is C64H54O4. The summed E-state index contributed by atoms with van der Waals surface area (Å²) >= 11 is 0. The highest BCUT2D eigenvalue weighted by Crippen LogP contribution is 2.52. The van der Waals surface area contributed by atoms with E-state index in [1.54, 1.807) is 7.11 Å². The summed E-state index contributed by atoms with van der Waals surface area (Å²) in [6.45, 7) is 12.3. The van der Waals surface area contributed by atoms with Crippen LogP contribution < -0.4 is 4.74 Å². The van der Waals surface area contributed by atoms with Crippen LogP contribution >= 0.6 is 0 Å². The van der Waals surface area contributed by atoms with Crippen LogP contribution in [0, 0.1) is 13.8 Å². The molecule has 0 saturated carbocycles. The number of rotatable bonds is 12. The number of fused-ring (bicyclic) bond motifs is 8. The van der Waals surface area contributed by atoms with Gasteiger partial charge in [-0.15, -0.1) is 0 Å². The van der Waals surface area contributed by atoms with Gasteiger partial charge in [-0.2, -0.15) is 0 Å². The number of hydrogen-bond acceptors (Lipinski definition) is 4. The lowest BCUT2D eigenvalue weighted by Crippen LogP contribution is -1.98. The molecule has 0 N–H and O–H groups in total. The molecule has 10 aromatic carbocycles. The van der Waals surface area contributed by atoms with E-state index < -0.39 is 0 Å². The highest BCUT2D eigenvalue weighted by Gasteiger charge is 2.27. The summed E-state index contributed by atoms with van der Waals surface area (Å²) < 4.78 is 25.9. The summed E-state index contributed by atoms with van der Waals surface area (Å²) in [5, 5.41) is 11.6. The number of methoxy groups -OCH3 is 1. The number of furan rings is 2. The van der Waals surface area contributed by atoms with E-state index in [0.717, 1.165) is 114 Å². The number of aryl methyl sites for hydroxylation is 4. The Bertz CT molecular complexity index is 3680. The normalized spacial score (nSPS) is 12.1. The lowest BCUT2D eigenvalue weighted by molar-refractivity contribution is 0.185. The van der Waals surface area contributed by atoms with Crippen molar-refractivity contribution >= 4 is 76.2 Å². The summed E-state index contributed by atoms with van der Waals surface area (Å²) in [6, 6.07) is 53.8. The predicted octanol–water partition coefficient (Wildman–Crippen LogP) is 18.1. The minimum Gasteiger partial charge on any atom is -0.494 e. The van der Waals surface area contributed by atoms with Gasteiger partial charge in [0.1, 0.15) is 28.1 Å². The van der Waals surface area contributed by atoms with Gasteiger partial charge in [-0.1, -0.05) is 106 Å². The highest BCUT2D eigenvalue weighted by molar-refractivity contribution is 6.38. The third-order valence-corrected chi connectivity index (χ3v) is 14.4. The highest BCUT2D eigenvalue weighted by atomic mass is 16.5. The molecule has 12 rings (SSSR count). The van der Waals surface area contributed by atoms with Gasteiger partial charge in [0, 0.05) is 50.2 Å². The second-order valence-corrected chi connectivity index (χ2v) is 18.7. The summed E-state index contributed by atoms with van der Waals surface area (Å²) in [6.07, 6.45) is 4.08. The maximum absolute atomic E-state index is 7.24. The Kier molecular flexibility index (Phi) is 10.3. The first-order chi connectivity index (χ1) is 33.3. The van der Waals surface area contributed by atoms with Crippen LogP contribution in [0.25, 0.3) is 121 Å². The molecule has 0 amide bonds. The smallest absolute Gasteiger partial charge is 0.143 e. The van der Waals surface area contributed by atoms with Gasteiger partial charge >= 0.3 is 0 Å². The van der Waals surface area contributed by atoms with Gasteiger partial charge in [-0.25, -0.2) is 0 Å². The lowest BCUT2D eigenvalue weighted by Gasteiger charge is -2.22. The Labute approximate surface area is 397 Å². The molecule has 68 heavy (non-hydrogen) atoms. The summed E-state index contributed by atoms with van der Waals surface area (Å²) in [7, 11) is 1.74. The van der Waals surface area contributed by atoms with Crippen molar-refractivity contribution in [1.29, 1.82) is 0 Å². The van der Waals surface area contributed by atoms with Gasteiger partial charge < -0.3 is 18.3 Å². The Morgan fingerprint density at radius 2 is 0.941 bits per heavy atom. The van der Waals surface area contributed by atoms with E-state index in [0.29, 0.717) is 13.2 Å². The molecule has 0 aliphatic carbocycles. The van der Waals surface area contributed by atoms with Gasteiger partial charge in [0.25, 0.3) is 0 Å². The van der Waals surface area contributed by atoms with E-state index >= 15 is 0 Å². The molecule has 0 bridgehead atoms. The zero-order valence-corrected chi connectivity index (χ0v) is 39.7. The van der Waals surface area contributed by atoms with Crippen LogP contribution in [0.2, 0.25) is 0 Å². The first-order valence-corrected chi connectivity index (χ1v) is 24.4. The average Bonchev–Trinajstić information content (AvgIpc) is 3.91. The Morgan fingerprint density at radius 3 is 1.46 bits per heavy atom. The number of ether oxygens (including phenoxy) is 2. The van der Waals surface area contributed by atoms with E-state index in [4.69, 9.17) is 18.3 Å². The van der Waals surface area contributed by atoms with Crippen LogP contribution in [0.15, 0.2) is 154 Å². The van der Waals surface area contributed by atoms with E-state index in [-0.39, 0.29) is 0 Å². The number of hydrogen-bond donors (Lipinski definition) is 0. The fourth-order valence-electron chi connectivity index (χ4n) is 11.4. The average molecular weight is 887 g/mol. The monoisotopic (exact) mass is 886 g/mol. The van der Waals surface area contributed by atoms with Gasteiger partial charge in [0.05, 0.1) is 13.2 Å². The molecule has 4 heteroatoms. The van der Waals surface area contributed by atoms with Crippen molar-refractivity contribution in [3.8, 4) is 50.3 Å². The quantitative estimate of drug-likeness (QED) is 0.115. The van der Waals surface area contributed by atoms with Crippen LogP contribution in [0.1, 0.15) is 61.4 Å². The molecule has 0 unspecified atom stereocenters. The first-order valence-electron chi connectivity index (χ1n) is 24.4. The molecule has 334 valence electrons. The van der Waals surface area contributed by atoms with Gasteiger partial charge in [-0.05, 0) is 183 Å². The molecule has 12 aromatic rings. The molecule has 0 aliphatic heterocycles. The zero-order chi connectivity index (χ0) is 46.2. The number of benzene rings is 10. The molecule has 2 aromatic heterocycles. The molecule has 2 heterocycles. The minimum absolute atomic E-state index is 0.566. The zero-order valence-electron chi connectivity index (χ0n) is 39.7. The van der Waals surface area contributed by atoms with Crippen molar-refractivity contribution in [2.75, 3.05) is 13.7 Å². The Balaban J connectivity index is 1.24. The molecule has 0 radical (unpaired) electrons. The van der Waals surface area contributed by atoms with Gasteiger partial charge in [-0.3, -0.25) is 0 Å². The molecule has 0 saturated heterocycles. The van der Waals surface area contributed by atoms with Crippen LogP contribution in [-0.2, 0) is 24.2 Å². The third kappa shape index (κ3) is 6.68. The molecule has 4 nitrogen and oxygen atoms in total. The second kappa shape index (κ2) is 16.7. The first kappa shape index (κ1) is 42.0. The SMILES string of the molecule is CCCc1cccc(C)c1-c1cc2c3oc4cc(-c5cccc(OCC)c5)ccc4c3cc3c(-c4c(C)cccc4CCC)cc4c5oc6cc(-c7cccc(COC)c7)ccc6c5cc1c4c32. The van der Waals surface area contributed by atoms with Crippen LogP contribution in [0.4, 0.5) is 0 Å². The van der Waals surface area contributed by atoms with Crippen molar-refractivity contribution in [3.63, 3.8) is 0 Å². The largest absolute Gasteiger partial charge is 0.494 e. The van der Waals surface area contributed by atoms with E-state index in [2.05, 4.69) is 167 Å². The molecule has 0 fully saturated rings. The summed E-state index contributed by atoms with van der Waals surface area (Å²) in [5.41, 5.74) is 19.5. The Hall–Kier alpha value is -7.40. The minimum atomic E-state index is 0.566. The summed E-state index contributed by atoms with van der Waals surface area (Å²) in [4.78, 5) is 0. The predicted molar refractivity (Wildman–Crippen MR) is 286 cm³/mol. The van der Waals surface area contributed by atoms with Crippen molar-refractivity contribution in [3.05, 3.63) is 173 Å². The third-order valence-electron chi connectivity index (χ3n) is 14.4. The van der Waals surface area contributed by atoms with Crippen molar-refractivity contribution < 1.29 is 18.3 Å². The fourth-order valence-corrected chi connectivity index (χ4v) is 11.4. The molecular weight excluding hydrogens is 833 g/mol. The molecule has 0 spiro atoms. The Morgan fingerprint density at radius 1 is 0.441 bits per heavy atom. The van der Waals surface area contributed by atoms with Crippen LogP contribution in [0.3, 0.4) is 0 Å². The topological polar surface area (TPSA) is 44.7 Å². The van der Waals surface area contributed by atoms with Gasteiger partial charge in [0.15, 0.2) is 0 Å². The second-order valence-electron chi connectivity index (χ2n) is 18.7. The summed E-state index contributed by atoms with van der Waals surface area (Å²) in [5.74, 6) is 0.863. The lowest BCUT2D eigenvalue weighted by atomic mass is 9.81. The molecule has 0 aliphatic rings. The van der Waals surface area contributed by atoms with Crippen molar-refractivity contribution in [1.82, 2.24) is 0 Å². The van der Waals surface area contributed by atoms with Crippen LogP contribution in [-0.4, -0.2) is 13.7 Å².